The van der Waals surface area contributed by atoms with Gasteiger partial charge in [0.15, 0.2) is 0 Å². The van der Waals surface area contributed by atoms with Gasteiger partial charge in [0, 0.05) is 18.9 Å². The van der Waals surface area contributed by atoms with Crippen molar-refractivity contribution < 1.29 is 13.5 Å². The van der Waals surface area contributed by atoms with Crippen LogP contribution in [0, 0.1) is 5.92 Å². The van der Waals surface area contributed by atoms with E-state index in [1.807, 2.05) is 13.8 Å². The Kier molecular flexibility index (Phi) is 4.52. The zero-order valence-corrected chi connectivity index (χ0v) is 10.3. The Hall–Kier alpha value is -0.850. The molecule has 16 heavy (non-hydrogen) atoms. The lowest BCUT2D eigenvalue weighted by molar-refractivity contribution is 0.152. The maximum atomic E-state index is 11.6. The smallest absolute Gasteiger partial charge is 0.242 e. The highest BCUT2D eigenvalue weighted by molar-refractivity contribution is 7.89. The monoisotopic (exact) mass is 246 g/mol. The van der Waals surface area contributed by atoms with Gasteiger partial charge in [-0.3, -0.25) is 0 Å². The summed E-state index contributed by atoms with van der Waals surface area (Å²) in [6.07, 6.45) is 2.88. The van der Waals surface area contributed by atoms with E-state index in [-0.39, 0.29) is 11.4 Å². The lowest BCUT2D eigenvalue weighted by Gasteiger charge is -2.13. The minimum atomic E-state index is -3.49. The third-order valence-corrected chi connectivity index (χ3v) is 3.55. The maximum Gasteiger partial charge on any atom is 0.242 e. The number of nitrogens with one attached hydrogen (secondary N) is 2. The van der Waals surface area contributed by atoms with Crippen molar-refractivity contribution in [3.63, 3.8) is 0 Å². The topological polar surface area (TPSA) is 82.2 Å². The number of H-pyrrole nitrogens is 1. The average molecular weight is 246 g/mol. The molecule has 0 aliphatic heterocycles. The second kappa shape index (κ2) is 5.47. The number of aromatic amines is 1. The molecule has 0 aliphatic carbocycles. The molecule has 3 N–H and O–H groups in total. The highest BCUT2D eigenvalue weighted by atomic mass is 32.2. The van der Waals surface area contributed by atoms with Gasteiger partial charge < -0.3 is 10.1 Å². The number of hydrogen-bond acceptors (Lipinski definition) is 3. The van der Waals surface area contributed by atoms with Gasteiger partial charge in [-0.1, -0.05) is 13.8 Å². The van der Waals surface area contributed by atoms with Crippen molar-refractivity contribution in [1.82, 2.24) is 9.71 Å². The summed E-state index contributed by atoms with van der Waals surface area (Å²) in [7, 11) is -3.49. The molecule has 0 spiro atoms. The van der Waals surface area contributed by atoms with E-state index >= 15 is 0 Å². The van der Waals surface area contributed by atoms with Crippen LogP contribution in [0.25, 0.3) is 0 Å². The molecular weight excluding hydrogens is 228 g/mol. The van der Waals surface area contributed by atoms with Crippen LogP contribution >= 0.6 is 0 Å². The van der Waals surface area contributed by atoms with Crippen LogP contribution < -0.4 is 4.72 Å². The summed E-state index contributed by atoms with van der Waals surface area (Å²) in [5.74, 6) is 0.340. The number of aliphatic hydroxyl groups excluding tert-OH is 1. The molecule has 0 saturated carbocycles. The van der Waals surface area contributed by atoms with Crippen molar-refractivity contribution in [1.29, 1.82) is 0 Å². The Morgan fingerprint density at radius 2 is 2.19 bits per heavy atom. The number of aliphatic hydroxyl groups is 1. The Labute approximate surface area is 95.9 Å². The summed E-state index contributed by atoms with van der Waals surface area (Å²) in [4.78, 5) is 2.86. The molecule has 6 heteroatoms. The van der Waals surface area contributed by atoms with Crippen LogP contribution in [0.4, 0.5) is 0 Å². The molecule has 1 unspecified atom stereocenters. The average Bonchev–Trinajstić information content (AvgIpc) is 2.67. The Morgan fingerprint density at radius 1 is 1.50 bits per heavy atom. The standard InChI is InChI=1S/C10H18N2O3S/c1-8(2)5-9(13)6-12-16(14,15)10-3-4-11-7-10/h3-4,7-9,11-13H,5-6H2,1-2H3. The second-order valence-corrected chi connectivity index (χ2v) is 5.95. The van der Waals surface area contributed by atoms with Gasteiger partial charge in [0.05, 0.1) is 11.0 Å². The first-order valence-electron chi connectivity index (χ1n) is 5.22. The lowest BCUT2D eigenvalue weighted by atomic mass is 10.1. The molecule has 0 aromatic carbocycles. The van der Waals surface area contributed by atoms with E-state index in [4.69, 9.17) is 0 Å². The normalized spacial score (nSPS) is 14.2. The second-order valence-electron chi connectivity index (χ2n) is 4.18. The molecule has 92 valence electrons. The van der Waals surface area contributed by atoms with Crippen LogP contribution in [0.2, 0.25) is 0 Å². The van der Waals surface area contributed by atoms with E-state index in [2.05, 4.69) is 9.71 Å². The van der Waals surface area contributed by atoms with Gasteiger partial charge in [0.1, 0.15) is 0 Å². The fourth-order valence-corrected chi connectivity index (χ4v) is 2.44. The van der Waals surface area contributed by atoms with E-state index in [1.165, 1.54) is 12.3 Å². The van der Waals surface area contributed by atoms with Crippen LogP contribution in [0.5, 0.6) is 0 Å². The summed E-state index contributed by atoms with van der Waals surface area (Å²) in [6.45, 7) is 4.00. The van der Waals surface area contributed by atoms with Gasteiger partial charge in [-0.05, 0) is 18.4 Å². The molecule has 0 fully saturated rings. The van der Waals surface area contributed by atoms with Crippen molar-refractivity contribution in [2.24, 2.45) is 5.92 Å². The molecular formula is C10H18N2O3S. The van der Waals surface area contributed by atoms with Gasteiger partial charge in [-0.15, -0.1) is 0 Å². The third-order valence-electron chi connectivity index (χ3n) is 2.13. The first-order valence-corrected chi connectivity index (χ1v) is 6.70. The molecule has 1 atom stereocenters. The number of sulfonamides is 1. The van der Waals surface area contributed by atoms with Gasteiger partial charge >= 0.3 is 0 Å². The minimum absolute atomic E-state index is 0.0473. The number of aromatic nitrogens is 1. The molecule has 0 radical (unpaired) electrons. The molecule has 1 aromatic heterocycles. The van der Waals surface area contributed by atoms with E-state index in [9.17, 15) is 13.5 Å². The largest absolute Gasteiger partial charge is 0.392 e. The predicted molar refractivity (Wildman–Crippen MR) is 61.4 cm³/mol. The van der Waals surface area contributed by atoms with E-state index in [1.54, 1.807) is 6.20 Å². The van der Waals surface area contributed by atoms with E-state index < -0.39 is 16.1 Å². The summed E-state index contributed by atoms with van der Waals surface area (Å²) < 4.78 is 25.7. The molecule has 0 aliphatic rings. The third kappa shape index (κ3) is 3.96. The Morgan fingerprint density at radius 3 is 2.69 bits per heavy atom. The number of hydrogen-bond donors (Lipinski definition) is 3. The van der Waals surface area contributed by atoms with Gasteiger partial charge in [0.2, 0.25) is 10.0 Å². The highest BCUT2D eigenvalue weighted by Gasteiger charge is 2.16. The Balaban J connectivity index is 2.49. The van der Waals surface area contributed by atoms with E-state index in [0.29, 0.717) is 12.3 Å². The Bertz CT molecular complexity index is 398. The van der Waals surface area contributed by atoms with Crippen LogP contribution in [0.1, 0.15) is 20.3 Å². The van der Waals surface area contributed by atoms with E-state index in [0.717, 1.165) is 0 Å². The van der Waals surface area contributed by atoms with Crippen molar-refractivity contribution in [2.45, 2.75) is 31.3 Å². The zero-order chi connectivity index (χ0) is 12.2. The predicted octanol–water partition coefficient (Wildman–Crippen LogP) is 0.700. The SMILES string of the molecule is CC(C)CC(O)CNS(=O)(=O)c1cc[nH]c1. The van der Waals surface area contributed by atoms with Gasteiger partial charge in [-0.25, -0.2) is 13.1 Å². The molecule has 0 saturated heterocycles. The lowest BCUT2D eigenvalue weighted by Crippen LogP contribution is -2.32. The highest BCUT2D eigenvalue weighted by Crippen LogP contribution is 2.08. The van der Waals surface area contributed by atoms with Crippen molar-refractivity contribution >= 4 is 10.0 Å². The van der Waals surface area contributed by atoms with Crippen LogP contribution in [0.3, 0.4) is 0 Å². The number of rotatable bonds is 6. The molecule has 0 bridgehead atoms. The molecule has 1 rings (SSSR count). The van der Waals surface area contributed by atoms with Gasteiger partial charge in [0.25, 0.3) is 0 Å². The summed E-state index contributed by atoms with van der Waals surface area (Å²) >= 11 is 0. The summed E-state index contributed by atoms with van der Waals surface area (Å²) in [6, 6.07) is 1.47. The molecule has 1 heterocycles. The van der Waals surface area contributed by atoms with Crippen molar-refractivity contribution in [2.75, 3.05) is 6.54 Å². The summed E-state index contributed by atoms with van der Waals surface area (Å²) in [5, 5.41) is 9.55. The van der Waals surface area contributed by atoms with Crippen LogP contribution in [-0.4, -0.2) is 31.2 Å². The summed E-state index contributed by atoms with van der Waals surface area (Å²) in [5.41, 5.74) is 0. The zero-order valence-electron chi connectivity index (χ0n) is 9.47. The van der Waals surface area contributed by atoms with Crippen molar-refractivity contribution in [3.05, 3.63) is 18.5 Å². The first kappa shape index (κ1) is 13.2. The fourth-order valence-electron chi connectivity index (χ4n) is 1.39. The quantitative estimate of drug-likeness (QED) is 0.691. The van der Waals surface area contributed by atoms with Crippen LogP contribution in [0.15, 0.2) is 23.4 Å². The molecule has 5 nitrogen and oxygen atoms in total. The molecule has 1 aromatic rings. The minimum Gasteiger partial charge on any atom is -0.392 e. The first-order chi connectivity index (χ1) is 7.42. The van der Waals surface area contributed by atoms with Crippen molar-refractivity contribution in [3.8, 4) is 0 Å². The maximum absolute atomic E-state index is 11.6. The fraction of sp³-hybridized carbons (Fsp3) is 0.600. The van der Waals surface area contributed by atoms with Gasteiger partial charge in [-0.2, -0.15) is 0 Å². The molecule has 0 amide bonds. The van der Waals surface area contributed by atoms with Crippen LogP contribution in [-0.2, 0) is 10.0 Å².